The van der Waals surface area contributed by atoms with E-state index in [4.69, 9.17) is 9.72 Å². The number of hydrogen-bond acceptors (Lipinski definition) is 7. The molecule has 35 heavy (non-hydrogen) atoms. The Morgan fingerprint density at radius 1 is 1.09 bits per heavy atom. The fraction of sp³-hybridized carbons (Fsp3) is 0.500. The maximum absolute atomic E-state index is 13.3. The minimum Gasteiger partial charge on any atom is -0.493 e. The number of piperazine rings is 1. The number of fused-ring (bicyclic) bond motifs is 1. The highest BCUT2D eigenvalue weighted by Gasteiger charge is 2.29. The molecule has 2 aromatic heterocycles. The molecule has 0 atom stereocenters. The van der Waals surface area contributed by atoms with Gasteiger partial charge in [0.2, 0.25) is 10.0 Å². The molecule has 0 spiro atoms. The first-order chi connectivity index (χ1) is 15.8. The Balaban J connectivity index is 0.00000216. The van der Waals surface area contributed by atoms with Gasteiger partial charge >= 0.3 is 0 Å². The topological polar surface area (TPSA) is 176 Å². The minimum atomic E-state index is -3.70. The predicted molar refractivity (Wildman–Crippen MR) is 133 cm³/mol. The Labute approximate surface area is 204 Å². The quantitative estimate of drug-likeness (QED) is 0.463. The van der Waals surface area contributed by atoms with Crippen molar-refractivity contribution in [2.45, 2.75) is 31.6 Å². The van der Waals surface area contributed by atoms with E-state index in [-0.39, 0.29) is 27.2 Å². The third-order valence-corrected chi connectivity index (χ3v) is 7.75. The Hall–Kier alpha value is -2.84. The maximum Gasteiger partial charge on any atom is 0.277 e. The SMILES string of the molecule is CCCc1nn(C)c2c(=O)[nH]c(-c3cc(S(=O)(=O)N4CCN(C)CC4)ccc3OCC)nc12.O.O. The van der Waals surface area contributed by atoms with Gasteiger partial charge < -0.3 is 25.6 Å². The summed E-state index contributed by atoms with van der Waals surface area (Å²) in [6.07, 6.45) is 1.54. The molecule has 0 aliphatic carbocycles. The van der Waals surface area contributed by atoms with E-state index in [0.29, 0.717) is 61.6 Å². The fourth-order valence-electron chi connectivity index (χ4n) is 4.09. The second-order valence-corrected chi connectivity index (χ2v) is 10.2. The summed E-state index contributed by atoms with van der Waals surface area (Å²) in [7, 11) is -0.00831. The molecule has 0 bridgehead atoms. The number of rotatable bonds is 7. The van der Waals surface area contributed by atoms with Crippen LogP contribution < -0.4 is 10.3 Å². The largest absolute Gasteiger partial charge is 0.493 e. The lowest BCUT2D eigenvalue weighted by molar-refractivity contribution is 0.222. The van der Waals surface area contributed by atoms with Crippen LogP contribution in [0.2, 0.25) is 0 Å². The van der Waals surface area contributed by atoms with Crippen LogP contribution in [-0.4, -0.2) is 88.2 Å². The lowest BCUT2D eigenvalue weighted by Gasteiger charge is -2.31. The van der Waals surface area contributed by atoms with Crippen LogP contribution in [0.1, 0.15) is 26.0 Å². The zero-order valence-electron chi connectivity index (χ0n) is 20.5. The molecule has 0 unspecified atom stereocenters. The van der Waals surface area contributed by atoms with Crippen molar-refractivity contribution in [3.05, 3.63) is 34.2 Å². The minimum absolute atomic E-state index is 0. The second kappa shape index (κ2) is 11.3. The lowest BCUT2D eigenvalue weighted by atomic mass is 10.1. The zero-order chi connectivity index (χ0) is 23.8. The first-order valence-electron chi connectivity index (χ1n) is 11.2. The zero-order valence-corrected chi connectivity index (χ0v) is 21.3. The highest BCUT2D eigenvalue weighted by atomic mass is 32.2. The van der Waals surface area contributed by atoms with Crippen LogP contribution in [0.5, 0.6) is 5.75 Å². The first kappa shape index (κ1) is 28.4. The van der Waals surface area contributed by atoms with Crippen LogP contribution in [0.15, 0.2) is 27.9 Å². The van der Waals surface area contributed by atoms with Gasteiger partial charge in [0, 0.05) is 33.2 Å². The molecular weight excluding hydrogens is 476 g/mol. The standard InChI is InChI=1S/C22H30N6O4S.2H2O/c1-5-7-17-19-20(27(4)25-17)22(29)24-21(23-19)16-14-15(8-9-18(16)32-6-2)33(30,31)28-12-10-26(3)11-13-28;;/h8-9,14H,5-7,10-13H2,1-4H3,(H,23,24,29);2*1H2. The van der Waals surface area contributed by atoms with Crippen molar-refractivity contribution in [3.63, 3.8) is 0 Å². The number of nitrogens with zero attached hydrogens (tertiary/aromatic N) is 5. The van der Waals surface area contributed by atoms with Gasteiger partial charge in [-0.3, -0.25) is 9.48 Å². The highest BCUT2D eigenvalue weighted by Crippen LogP contribution is 2.32. The Kier molecular flexibility index (Phi) is 9.14. The van der Waals surface area contributed by atoms with Crippen molar-refractivity contribution in [1.82, 2.24) is 29.0 Å². The molecule has 1 saturated heterocycles. The average molecular weight is 511 g/mol. The Morgan fingerprint density at radius 2 is 1.77 bits per heavy atom. The van der Waals surface area contributed by atoms with E-state index in [1.54, 1.807) is 25.2 Å². The van der Waals surface area contributed by atoms with Gasteiger partial charge in [0.15, 0.2) is 5.52 Å². The summed E-state index contributed by atoms with van der Waals surface area (Å²) in [5, 5.41) is 4.45. The summed E-state index contributed by atoms with van der Waals surface area (Å²) in [5.74, 6) is 0.718. The van der Waals surface area contributed by atoms with Crippen molar-refractivity contribution in [2.75, 3.05) is 39.8 Å². The molecule has 13 heteroatoms. The third-order valence-electron chi connectivity index (χ3n) is 5.86. The van der Waals surface area contributed by atoms with E-state index in [0.717, 1.165) is 12.1 Å². The number of benzene rings is 1. The first-order valence-corrected chi connectivity index (χ1v) is 12.6. The number of ether oxygens (including phenoxy) is 1. The van der Waals surface area contributed by atoms with Crippen LogP contribution in [-0.2, 0) is 23.5 Å². The van der Waals surface area contributed by atoms with Crippen molar-refractivity contribution >= 4 is 21.1 Å². The molecule has 1 fully saturated rings. The lowest BCUT2D eigenvalue weighted by Crippen LogP contribution is -2.47. The van der Waals surface area contributed by atoms with Gasteiger partial charge in [-0.15, -0.1) is 0 Å². The maximum atomic E-state index is 13.3. The molecule has 1 aliphatic rings. The van der Waals surface area contributed by atoms with Crippen molar-refractivity contribution in [2.24, 2.45) is 7.05 Å². The summed E-state index contributed by atoms with van der Waals surface area (Å²) in [6, 6.07) is 4.71. The van der Waals surface area contributed by atoms with Gasteiger partial charge in [-0.05, 0) is 38.6 Å². The summed E-state index contributed by atoms with van der Waals surface area (Å²) >= 11 is 0. The molecule has 0 saturated carbocycles. The van der Waals surface area contributed by atoms with Gasteiger partial charge in [-0.25, -0.2) is 13.4 Å². The van der Waals surface area contributed by atoms with Gasteiger partial charge in [0.05, 0.1) is 22.8 Å². The highest BCUT2D eigenvalue weighted by molar-refractivity contribution is 7.89. The molecule has 194 valence electrons. The molecule has 1 aliphatic heterocycles. The third kappa shape index (κ3) is 5.38. The summed E-state index contributed by atoms with van der Waals surface area (Å²) in [5.41, 5.74) is 1.75. The number of H-pyrrole nitrogens is 1. The van der Waals surface area contributed by atoms with Crippen LogP contribution in [0.25, 0.3) is 22.4 Å². The number of hydrogen-bond donors (Lipinski definition) is 1. The Bertz CT molecular complexity index is 1330. The van der Waals surface area contributed by atoms with Crippen LogP contribution in [0, 0.1) is 0 Å². The average Bonchev–Trinajstić information content (AvgIpc) is 3.10. The summed E-state index contributed by atoms with van der Waals surface area (Å²) < 4.78 is 35.4. The molecule has 4 rings (SSSR count). The van der Waals surface area contributed by atoms with Crippen molar-refractivity contribution in [3.8, 4) is 17.1 Å². The smallest absolute Gasteiger partial charge is 0.277 e. The number of likely N-dealkylation sites (N-methyl/N-ethyl adjacent to an activating group) is 1. The van der Waals surface area contributed by atoms with Crippen molar-refractivity contribution < 1.29 is 24.1 Å². The van der Waals surface area contributed by atoms with Gasteiger partial charge in [-0.2, -0.15) is 9.40 Å². The number of sulfonamides is 1. The number of nitrogens with one attached hydrogen (secondary N) is 1. The molecule has 3 aromatic rings. The second-order valence-electron chi connectivity index (χ2n) is 8.23. The van der Waals surface area contributed by atoms with Gasteiger partial charge in [0.25, 0.3) is 5.56 Å². The van der Waals surface area contributed by atoms with E-state index in [1.807, 2.05) is 20.9 Å². The normalized spacial score (nSPS) is 15.0. The molecule has 0 amide bonds. The van der Waals surface area contributed by atoms with Crippen LogP contribution in [0.4, 0.5) is 0 Å². The summed E-state index contributed by atoms with van der Waals surface area (Å²) in [6.45, 7) is 6.48. The van der Waals surface area contributed by atoms with Crippen LogP contribution in [0.3, 0.4) is 0 Å². The van der Waals surface area contributed by atoms with Crippen LogP contribution >= 0.6 is 0 Å². The molecule has 3 heterocycles. The Morgan fingerprint density at radius 3 is 2.40 bits per heavy atom. The molecule has 1 aromatic carbocycles. The summed E-state index contributed by atoms with van der Waals surface area (Å²) in [4.78, 5) is 22.7. The van der Waals surface area contributed by atoms with Gasteiger partial charge in [-0.1, -0.05) is 13.3 Å². The van der Waals surface area contributed by atoms with E-state index >= 15 is 0 Å². The predicted octanol–water partition coefficient (Wildman–Crippen LogP) is -0.0385. The number of aryl methyl sites for hydroxylation is 2. The van der Waals surface area contributed by atoms with E-state index < -0.39 is 10.0 Å². The molecule has 5 N–H and O–H groups in total. The molecule has 0 radical (unpaired) electrons. The molecule has 12 nitrogen and oxygen atoms in total. The van der Waals surface area contributed by atoms with E-state index in [1.165, 1.54) is 8.99 Å². The fourth-order valence-corrected chi connectivity index (χ4v) is 5.54. The molecular formula is C22H34N6O6S. The monoisotopic (exact) mass is 510 g/mol. The number of aromatic nitrogens is 4. The van der Waals surface area contributed by atoms with Crippen molar-refractivity contribution in [1.29, 1.82) is 0 Å². The van der Waals surface area contributed by atoms with Gasteiger partial charge in [0.1, 0.15) is 17.1 Å². The van der Waals surface area contributed by atoms with E-state index in [2.05, 4.69) is 15.0 Å². The van der Waals surface area contributed by atoms with E-state index in [9.17, 15) is 13.2 Å². The number of aromatic amines is 1.